The number of carbonyl (C=O) groups excluding carboxylic acids is 1. The van der Waals surface area contributed by atoms with Gasteiger partial charge in [-0.2, -0.15) is 0 Å². The Labute approximate surface area is 120 Å². The van der Waals surface area contributed by atoms with Crippen molar-refractivity contribution >= 4 is 21.6 Å². The molecule has 0 unspecified atom stereocenters. The fraction of sp³-hybridized carbons (Fsp3) is 0.500. The van der Waals surface area contributed by atoms with E-state index in [-0.39, 0.29) is 16.8 Å². The predicted octanol–water partition coefficient (Wildman–Crippen LogP) is 1.81. The average molecular weight is 296 g/mol. The van der Waals surface area contributed by atoms with Crippen molar-refractivity contribution in [1.29, 1.82) is 0 Å². The zero-order valence-corrected chi connectivity index (χ0v) is 12.8. The third-order valence-corrected chi connectivity index (χ3v) is 5.04. The highest BCUT2D eigenvalue weighted by molar-refractivity contribution is 7.89. The van der Waals surface area contributed by atoms with E-state index in [0.717, 1.165) is 12.1 Å². The van der Waals surface area contributed by atoms with Gasteiger partial charge in [0.2, 0.25) is 15.9 Å². The molecule has 1 aromatic carbocycles. The molecule has 0 radical (unpaired) electrons. The van der Waals surface area contributed by atoms with Crippen molar-refractivity contribution < 1.29 is 13.2 Å². The topological polar surface area (TPSA) is 66.5 Å². The van der Waals surface area contributed by atoms with Crippen LogP contribution in [0.2, 0.25) is 0 Å². The number of anilines is 1. The lowest BCUT2D eigenvalue weighted by molar-refractivity contribution is -0.117. The summed E-state index contributed by atoms with van der Waals surface area (Å²) < 4.78 is 26.9. The van der Waals surface area contributed by atoms with Crippen molar-refractivity contribution in [3.05, 3.63) is 23.8 Å². The molecule has 0 aliphatic carbocycles. The van der Waals surface area contributed by atoms with Crippen LogP contribution in [0, 0.1) is 6.92 Å². The van der Waals surface area contributed by atoms with E-state index in [1.54, 1.807) is 43.9 Å². The summed E-state index contributed by atoms with van der Waals surface area (Å²) in [5.41, 5.74) is 1.42. The first-order valence-corrected chi connectivity index (χ1v) is 8.23. The minimum atomic E-state index is -3.50. The Balaban J connectivity index is 2.33. The standard InChI is InChI=1S/C14H20N2O3S/c1-10(2)15-20(18,19)13-7-6-12(9-11(13)3)16-8-4-5-14(16)17/h6-7,9-10,15H,4-5,8H2,1-3H3. The lowest BCUT2D eigenvalue weighted by Crippen LogP contribution is -2.31. The van der Waals surface area contributed by atoms with Crippen LogP contribution in [0.1, 0.15) is 32.3 Å². The molecule has 110 valence electrons. The van der Waals surface area contributed by atoms with Gasteiger partial charge in [0.15, 0.2) is 0 Å². The van der Waals surface area contributed by atoms with E-state index in [0.29, 0.717) is 18.5 Å². The Kier molecular flexibility index (Phi) is 4.15. The van der Waals surface area contributed by atoms with Gasteiger partial charge in [-0.3, -0.25) is 4.79 Å². The van der Waals surface area contributed by atoms with Gasteiger partial charge >= 0.3 is 0 Å². The van der Waals surface area contributed by atoms with Crippen LogP contribution >= 0.6 is 0 Å². The smallest absolute Gasteiger partial charge is 0.241 e. The van der Waals surface area contributed by atoms with Gasteiger partial charge in [0.05, 0.1) is 4.90 Å². The fourth-order valence-electron chi connectivity index (χ4n) is 2.40. The van der Waals surface area contributed by atoms with Crippen LogP contribution < -0.4 is 9.62 Å². The van der Waals surface area contributed by atoms with Gasteiger partial charge in [-0.1, -0.05) is 0 Å². The molecule has 1 N–H and O–H groups in total. The van der Waals surface area contributed by atoms with Crippen molar-refractivity contribution in [3.8, 4) is 0 Å². The summed E-state index contributed by atoms with van der Waals surface area (Å²) >= 11 is 0. The summed E-state index contributed by atoms with van der Waals surface area (Å²) in [6.07, 6.45) is 1.42. The zero-order valence-electron chi connectivity index (χ0n) is 12.0. The van der Waals surface area contributed by atoms with Gasteiger partial charge in [-0.25, -0.2) is 13.1 Å². The van der Waals surface area contributed by atoms with Crippen molar-refractivity contribution in [2.75, 3.05) is 11.4 Å². The van der Waals surface area contributed by atoms with E-state index in [4.69, 9.17) is 0 Å². The first-order valence-electron chi connectivity index (χ1n) is 6.74. The molecule has 0 bridgehead atoms. The summed E-state index contributed by atoms with van der Waals surface area (Å²) in [6.45, 7) is 6.02. The average Bonchev–Trinajstić information content (AvgIpc) is 2.73. The van der Waals surface area contributed by atoms with Gasteiger partial charge in [0.25, 0.3) is 0 Å². The minimum absolute atomic E-state index is 0.0975. The molecule has 1 fully saturated rings. The molecule has 1 aliphatic heterocycles. The van der Waals surface area contributed by atoms with E-state index < -0.39 is 10.0 Å². The molecule has 1 aromatic rings. The maximum Gasteiger partial charge on any atom is 0.241 e. The Bertz CT molecular complexity index is 623. The van der Waals surface area contributed by atoms with Gasteiger partial charge in [-0.05, 0) is 51.0 Å². The number of hydrogen-bond donors (Lipinski definition) is 1. The second-order valence-corrected chi connectivity index (χ2v) is 7.06. The number of sulfonamides is 1. The molecular weight excluding hydrogens is 276 g/mol. The van der Waals surface area contributed by atoms with E-state index in [2.05, 4.69) is 4.72 Å². The number of rotatable bonds is 4. The van der Waals surface area contributed by atoms with Crippen molar-refractivity contribution in [2.24, 2.45) is 0 Å². The molecule has 0 saturated carbocycles. The van der Waals surface area contributed by atoms with Crippen molar-refractivity contribution in [1.82, 2.24) is 4.72 Å². The Morgan fingerprint density at radius 3 is 2.50 bits per heavy atom. The second kappa shape index (κ2) is 5.54. The number of nitrogens with one attached hydrogen (secondary N) is 1. The molecular formula is C14H20N2O3S. The van der Waals surface area contributed by atoms with Crippen LogP contribution in [0.4, 0.5) is 5.69 Å². The highest BCUT2D eigenvalue weighted by Crippen LogP contribution is 2.25. The van der Waals surface area contributed by atoms with Gasteiger partial charge in [0, 0.05) is 24.7 Å². The SMILES string of the molecule is Cc1cc(N2CCCC2=O)ccc1S(=O)(=O)NC(C)C. The third kappa shape index (κ3) is 3.02. The Morgan fingerprint density at radius 1 is 1.30 bits per heavy atom. The zero-order chi connectivity index (χ0) is 14.9. The summed E-state index contributed by atoms with van der Waals surface area (Å²) in [7, 11) is -3.50. The number of aryl methyl sites for hydroxylation is 1. The number of hydrogen-bond acceptors (Lipinski definition) is 3. The third-order valence-electron chi connectivity index (χ3n) is 3.22. The molecule has 1 heterocycles. The van der Waals surface area contributed by atoms with Crippen LogP contribution in [0.3, 0.4) is 0 Å². The quantitative estimate of drug-likeness (QED) is 0.921. The minimum Gasteiger partial charge on any atom is -0.312 e. The Morgan fingerprint density at radius 2 is 2.00 bits per heavy atom. The van der Waals surface area contributed by atoms with Crippen LogP contribution in [0.5, 0.6) is 0 Å². The number of benzene rings is 1. The monoisotopic (exact) mass is 296 g/mol. The maximum atomic E-state index is 12.2. The van der Waals surface area contributed by atoms with Crippen LogP contribution in [0.15, 0.2) is 23.1 Å². The fourth-order valence-corrected chi connectivity index (χ4v) is 3.88. The predicted molar refractivity (Wildman–Crippen MR) is 78.2 cm³/mol. The summed E-state index contributed by atoms with van der Waals surface area (Å²) in [4.78, 5) is 13.7. The van der Waals surface area contributed by atoms with Crippen molar-refractivity contribution in [3.63, 3.8) is 0 Å². The molecule has 0 spiro atoms. The van der Waals surface area contributed by atoms with Gasteiger partial charge < -0.3 is 4.90 Å². The first kappa shape index (κ1) is 15.0. The molecule has 1 aliphatic rings. The van der Waals surface area contributed by atoms with Crippen LogP contribution in [0.25, 0.3) is 0 Å². The number of nitrogens with zero attached hydrogens (tertiary/aromatic N) is 1. The van der Waals surface area contributed by atoms with Crippen LogP contribution in [-0.2, 0) is 14.8 Å². The summed E-state index contributed by atoms with van der Waals surface area (Å²) in [5, 5.41) is 0. The van der Waals surface area contributed by atoms with Gasteiger partial charge in [0.1, 0.15) is 0 Å². The number of amides is 1. The summed E-state index contributed by atoms with van der Waals surface area (Å²) in [5.74, 6) is 0.0975. The first-order chi connectivity index (χ1) is 9.31. The summed E-state index contributed by atoms with van der Waals surface area (Å²) in [6, 6.07) is 4.88. The molecule has 1 amide bonds. The lowest BCUT2D eigenvalue weighted by atomic mass is 10.2. The molecule has 0 aromatic heterocycles. The van der Waals surface area contributed by atoms with Crippen LogP contribution in [-0.4, -0.2) is 26.9 Å². The van der Waals surface area contributed by atoms with E-state index in [9.17, 15) is 13.2 Å². The lowest BCUT2D eigenvalue weighted by Gasteiger charge is -2.18. The van der Waals surface area contributed by atoms with E-state index in [1.807, 2.05) is 0 Å². The molecule has 1 saturated heterocycles. The maximum absolute atomic E-state index is 12.2. The van der Waals surface area contributed by atoms with E-state index >= 15 is 0 Å². The molecule has 20 heavy (non-hydrogen) atoms. The normalized spacial score (nSPS) is 16.2. The number of carbonyl (C=O) groups is 1. The van der Waals surface area contributed by atoms with Crippen molar-refractivity contribution in [2.45, 2.75) is 44.6 Å². The highest BCUT2D eigenvalue weighted by Gasteiger charge is 2.24. The molecule has 5 nitrogen and oxygen atoms in total. The largest absolute Gasteiger partial charge is 0.312 e. The van der Waals surface area contributed by atoms with E-state index in [1.165, 1.54) is 0 Å². The Hall–Kier alpha value is -1.40. The molecule has 0 atom stereocenters. The highest BCUT2D eigenvalue weighted by atomic mass is 32.2. The van der Waals surface area contributed by atoms with Gasteiger partial charge in [-0.15, -0.1) is 0 Å². The second-order valence-electron chi connectivity index (χ2n) is 5.37. The molecule has 2 rings (SSSR count). The molecule has 6 heteroatoms.